The van der Waals surface area contributed by atoms with Crippen molar-refractivity contribution in [2.24, 2.45) is 0 Å². The zero-order valence-electron chi connectivity index (χ0n) is 11.5. The Morgan fingerprint density at radius 1 is 1.09 bits per heavy atom. The van der Waals surface area contributed by atoms with E-state index in [2.05, 4.69) is 9.97 Å². The number of anilines is 1. The quantitative estimate of drug-likeness (QED) is 0.817. The SMILES string of the molecule is O=Cc1ccc(-c2cc(C(F)(F)F)nc(N3CCC3)n2)cc1. The van der Waals surface area contributed by atoms with Gasteiger partial charge in [0.2, 0.25) is 5.95 Å². The van der Waals surface area contributed by atoms with Crippen LogP contribution >= 0.6 is 0 Å². The fourth-order valence-corrected chi connectivity index (χ4v) is 2.12. The zero-order chi connectivity index (χ0) is 15.7. The van der Waals surface area contributed by atoms with Gasteiger partial charge in [-0.25, -0.2) is 9.97 Å². The van der Waals surface area contributed by atoms with Crippen LogP contribution in [0.5, 0.6) is 0 Å². The largest absolute Gasteiger partial charge is 0.433 e. The molecule has 1 saturated heterocycles. The summed E-state index contributed by atoms with van der Waals surface area (Å²) in [6, 6.07) is 7.17. The van der Waals surface area contributed by atoms with Crippen LogP contribution in [0.4, 0.5) is 19.1 Å². The van der Waals surface area contributed by atoms with Gasteiger partial charge >= 0.3 is 6.18 Å². The van der Waals surface area contributed by atoms with Crippen molar-refractivity contribution in [3.05, 3.63) is 41.6 Å². The Balaban J connectivity index is 2.06. The number of hydrogen-bond donors (Lipinski definition) is 0. The first kappa shape index (κ1) is 14.5. The smallest absolute Gasteiger partial charge is 0.341 e. The third-order valence-corrected chi connectivity index (χ3v) is 3.49. The summed E-state index contributed by atoms with van der Waals surface area (Å²) in [4.78, 5) is 20.2. The summed E-state index contributed by atoms with van der Waals surface area (Å²) in [5, 5.41) is 0. The Bertz CT molecular complexity index is 694. The van der Waals surface area contributed by atoms with Gasteiger partial charge in [0, 0.05) is 24.2 Å². The van der Waals surface area contributed by atoms with Gasteiger partial charge in [-0.05, 0) is 12.5 Å². The number of benzene rings is 1. The molecule has 0 N–H and O–H groups in total. The summed E-state index contributed by atoms with van der Waals surface area (Å²) < 4.78 is 39.0. The van der Waals surface area contributed by atoms with E-state index in [0.717, 1.165) is 12.5 Å². The zero-order valence-corrected chi connectivity index (χ0v) is 11.5. The molecule has 22 heavy (non-hydrogen) atoms. The van der Waals surface area contributed by atoms with E-state index in [4.69, 9.17) is 0 Å². The van der Waals surface area contributed by atoms with Crippen LogP contribution in [-0.4, -0.2) is 29.3 Å². The standard InChI is InChI=1S/C15H12F3N3O/c16-15(17,18)13-8-12(11-4-2-10(9-22)3-5-11)19-14(20-13)21-6-1-7-21/h2-5,8-9H,1,6-7H2. The maximum absolute atomic E-state index is 13.0. The highest BCUT2D eigenvalue weighted by molar-refractivity contribution is 5.76. The Labute approximate surface area is 124 Å². The first-order valence-electron chi connectivity index (χ1n) is 6.74. The molecule has 2 heterocycles. The number of aldehydes is 1. The number of aromatic nitrogens is 2. The van der Waals surface area contributed by atoms with Gasteiger partial charge in [-0.3, -0.25) is 4.79 Å². The van der Waals surface area contributed by atoms with Crippen LogP contribution in [0, 0.1) is 0 Å². The first-order valence-corrected chi connectivity index (χ1v) is 6.74. The minimum atomic E-state index is -4.53. The average molecular weight is 307 g/mol. The molecule has 0 radical (unpaired) electrons. The predicted molar refractivity (Wildman–Crippen MR) is 74.7 cm³/mol. The third-order valence-electron chi connectivity index (χ3n) is 3.49. The van der Waals surface area contributed by atoms with E-state index < -0.39 is 11.9 Å². The van der Waals surface area contributed by atoms with E-state index in [1.807, 2.05) is 0 Å². The lowest BCUT2D eigenvalue weighted by atomic mass is 10.1. The molecule has 2 aromatic rings. The molecule has 7 heteroatoms. The Hall–Kier alpha value is -2.44. The molecule has 1 aliphatic heterocycles. The van der Waals surface area contributed by atoms with Crippen molar-refractivity contribution in [1.82, 2.24) is 9.97 Å². The van der Waals surface area contributed by atoms with Crippen molar-refractivity contribution in [3.8, 4) is 11.3 Å². The van der Waals surface area contributed by atoms with Crippen molar-refractivity contribution in [1.29, 1.82) is 0 Å². The number of hydrogen-bond acceptors (Lipinski definition) is 4. The highest BCUT2D eigenvalue weighted by Crippen LogP contribution is 2.32. The van der Waals surface area contributed by atoms with Gasteiger partial charge in [0.15, 0.2) is 5.69 Å². The molecule has 1 aromatic carbocycles. The Morgan fingerprint density at radius 2 is 1.77 bits per heavy atom. The number of carbonyl (C=O) groups excluding carboxylic acids is 1. The molecule has 1 fully saturated rings. The third kappa shape index (κ3) is 2.79. The molecule has 0 unspecified atom stereocenters. The van der Waals surface area contributed by atoms with E-state index in [1.54, 1.807) is 29.2 Å². The predicted octanol–water partition coefficient (Wildman–Crippen LogP) is 3.19. The van der Waals surface area contributed by atoms with Crippen molar-refractivity contribution >= 4 is 12.2 Å². The molecule has 1 aliphatic rings. The molecule has 0 spiro atoms. The van der Waals surface area contributed by atoms with Gasteiger partial charge in [-0.2, -0.15) is 13.2 Å². The minimum absolute atomic E-state index is 0.0931. The second kappa shape index (κ2) is 5.40. The van der Waals surface area contributed by atoms with Gasteiger partial charge in [0.25, 0.3) is 0 Å². The summed E-state index contributed by atoms with van der Waals surface area (Å²) in [5.74, 6) is 0.0931. The molecule has 0 atom stereocenters. The normalized spacial score (nSPS) is 14.6. The molecule has 3 rings (SSSR count). The number of halogens is 3. The maximum Gasteiger partial charge on any atom is 0.433 e. The number of rotatable bonds is 3. The highest BCUT2D eigenvalue weighted by atomic mass is 19.4. The lowest BCUT2D eigenvalue weighted by Crippen LogP contribution is -2.38. The van der Waals surface area contributed by atoms with Crippen LogP contribution in [0.1, 0.15) is 22.5 Å². The minimum Gasteiger partial charge on any atom is -0.341 e. The van der Waals surface area contributed by atoms with Gasteiger partial charge in [-0.15, -0.1) is 0 Å². The van der Waals surface area contributed by atoms with Crippen LogP contribution in [0.3, 0.4) is 0 Å². The fraction of sp³-hybridized carbons (Fsp3) is 0.267. The molecule has 0 saturated carbocycles. The van der Waals surface area contributed by atoms with Crippen molar-refractivity contribution in [2.75, 3.05) is 18.0 Å². The monoisotopic (exact) mass is 307 g/mol. The van der Waals surface area contributed by atoms with E-state index in [-0.39, 0.29) is 11.6 Å². The average Bonchev–Trinajstić information content (AvgIpc) is 2.44. The molecule has 0 aliphatic carbocycles. The molecule has 0 bridgehead atoms. The summed E-state index contributed by atoms with van der Waals surface area (Å²) in [6.45, 7) is 1.32. The summed E-state index contributed by atoms with van der Waals surface area (Å²) in [6.07, 6.45) is -2.93. The number of alkyl halides is 3. The second-order valence-electron chi connectivity index (χ2n) is 5.02. The lowest BCUT2D eigenvalue weighted by Gasteiger charge is -2.31. The molecule has 0 amide bonds. The lowest BCUT2D eigenvalue weighted by molar-refractivity contribution is -0.141. The highest BCUT2D eigenvalue weighted by Gasteiger charge is 2.34. The number of nitrogens with zero attached hydrogens (tertiary/aromatic N) is 3. The molecule has 114 valence electrons. The van der Waals surface area contributed by atoms with Gasteiger partial charge in [0.1, 0.15) is 6.29 Å². The molecular formula is C15H12F3N3O. The van der Waals surface area contributed by atoms with Gasteiger partial charge in [-0.1, -0.05) is 24.3 Å². The first-order chi connectivity index (χ1) is 10.5. The molecular weight excluding hydrogens is 295 g/mol. The van der Waals surface area contributed by atoms with Crippen LogP contribution in [-0.2, 0) is 6.18 Å². The van der Waals surface area contributed by atoms with Crippen molar-refractivity contribution < 1.29 is 18.0 Å². The van der Waals surface area contributed by atoms with E-state index in [1.165, 1.54) is 0 Å². The topological polar surface area (TPSA) is 46.1 Å². The molecule has 4 nitrogen and oxygen atoms in total. The van der Waals surface area contributed by atoms with Crippen LogP contribution in [0.25, 0.3) is 11.3 Å². The fourth-order valence-electron chi connectivity index (χ4n) is 2.12. The summed E-state index contributed by atoms with van der Waals surface area (Å²) in [5.41, 5.74) is 0.206. The van der Waals surface area contributed by atoms with E-state index >= 15 is 0 Å². The van der Waals surface area contributed by atoms with Crippen LogP contribution in [0.15, 0.2) is 30.3 Å². The van der Waals surface area contributed by atoms with Crippen LogP contribution < -0.4 is 4.90 Å². The van der Waals surface area contributed by atoms with Crippen molar-refractivity contribution in [3.63, 3.8) is 0 Å². The maximum atomic E-state index is 13.0. The Morgan fingerprint density at radius 3 is 2.27 bits per heavy atom. The van der Waals surface area contributed by atoms with Crippen molar-refractivity contribution in [2.45, 2.75) is 12.6 Å². The second-order valence-corrected chi connectivity index (χ2v) is 5.02. The Kier molecular flexibility index (Phi) is 3.56. The van der Waals surface area contributed by atoms with E-state index in [0.29, 0.717) is 30.5 Å². The van der Waals surface area contributed by atoms with Gasteiger partial charge < -0.3 is 4.90 Å². The van der Waals surface area contributed by atoms with Crippen LogP contribution in [0.2, 0.25) is 0 Å². The summed E-state index contributed by atoms with van der Waals surface area (Å²) >= 11 is 0. The number of carbonyl (C=O) groups is 1. The van der Waals surface area contributed by atoms with E-state index in [9.17, 15) is 18.0 Å². The van der Waals surface area contributed by atoms with Gasteiger partial charge in [0.05, 0.1) is 5.69 Å². The summed E-state index contributed by atoms with van der Waals surface area (Å²) in [7, 11) is 0. The molecule has 1 aromatic heterocycles.